The van der Waals surface area contributed by atoms with Gasteiger partial charge in [-0.05, 0) is 30.9 Å². The summed E-state index contributed by atoms with van der Waals surface area (Å²) in [6, 6.07) is 5.88. The number of carbonyl (C=O) groups excluding carboxylic acids is 1. The van der Waals surface area contributed by atoms with Crippen LogP contribution in [0.2, 0.25) is 0 Å². The highest BCUT2D eigenvalue weighted by Crippen LogP contribution is 2.27. The minimum absolute atomic E-state index is 0.234. The Morgan fingerprint density at radius 3 is 2.94 bits per heavy atom. The Balaban J connectivity index is 2.45. The second kappa shape index (κ2) is 4.74. The number of rotatable bonds is 4. The molecule has 0 amide bonds. The molecule has 0 unspecified atom stereocenters. The van der Waals surface area contributed by atoms with Crippen LogP contribution >= 0.6 is 11.8 Å². The van der Waals surface area contributed by atoms with Crippen molar-refractivity contribution >= 4 is 28.4 Å². The van der Waals surface area contributed by atoms with Gasteiger partial charge < -0.3 is 4.98 Å². The van der Waals surface area contributed by atoms with Crippen LogP contribution in [0.5, 0.6) is 0 Å². The molecular weight excluding hydrogens is 218 g/mol. The lowest BCUT2D eigenvalue weighted by atomic mass is 10.1. The lowest BCUT2D eigenvalue weighted by molar-refractivity contribution is 0.0982. The van der Waals surface area contributed by atoms with E-state index in [2.05, 4.69) is 4.98 Å². The van der Waals surface area contributed by atoms with Gasteiger partial charge in [0.15, 0.2) is 5.78 Å². The van der Waals surface area contributed by atoms with Crippen LogP contribution in [0.15, 0.2) is 29.3 Å². The molecule has 2 rings (SSSR count). The van der Waals surface area contributed by atoms with Crippen molar-refractivity contribution < 1.29 is 4.79 Å². The molecule has 1 heterocycles. The number of hydrogen-bond acceptors (Lipinski definition) is 2. The summed E-state index contributed by atoms with van der Waals surface area (Å²) in [5.41, 5.74) is 1.92. The fraction of sp³-hybridized carbons (Fsp3) is 0.308. The van der Waals surface area contributed by atoms with Crippen LogP contribution in [-0.4, -0.2) is 17.0 Å². The maximum Gasteiger partial charge on any atom is 0.162 e. The number of fused-ring (bicyclic) bond motifs is 1. The van der Waals surface area contributed by atoms with Gasteiger partial charge in [-0.2, -0.15) is 0 Å². The molecule has 0 aliphatic heterocycles. The zero-order valence-electron chi connectivity index (χ0n) is 9.54. The SMILES string of the molecule is CCCC(=O)c1ccc2[nH]cc(SC)c2c1. The van der Waals surface area contributed by atoms with Gasteiger partial charge in [0.25, 0.3) is 0 Å². The van der Waals surface area contributed by atoms with E-state index in [0.29, 0.717) is 6.42 Å². The fourth-order valence-electron chi connectivity index (χ4n) is 1.81. The van der Waals surface area contributed by atoms with E-state index in [-0.39, 0.29) is 5.78 Å². The lowest BCUT2D eigenvalue weighted by Gasteiger charge is -2.00. The highest BCUT2D eigenvalue weighted by Gasteiger charge is 2.08. The summed E-state index contributed by atoms with van der Waals surface area (Å²) in [5, 5.41) is 1.15. The quantitative estimate of drug-likeness (QED) is 0.642. The summed E-state index contributed by atoms with van der Waals surface area (Å²) < 4.78 is 0. The Labute approximate surface area is 99.4 Å². The number of thioether (sulfide) groups is 1. The van der Waals surface area contributed by atoms with Crippen molar-refractivity contribution in [1.82, 2.24) is 4.98 Å². The number of Topliss-reactive ketones (excluding diaryl/α,β-unsaturated/α-hetero) is 1. The Kier molecular flexibility index (Phi) is 3.34. The molecule has 1 aromatic carbocycles. The molecule has 84 valence electrons. The molecule has 0 spiro atoms. The third-order valence-corrected chi connectivity index (χ3v) is 3.44. The number of ketones is 1. The van der Waals surface area contributed by atoms with Crippen LogP contribution in [0, 0.1) is 0 Å². The molecule has 2 nitrogen and oxygen atoms in total. The van der Waals surface area contributed by atoms with E-state index in [1.807, 2.05) is 37.6 Å². The van der Waals surface area contributed by atoms with Gasteiger partial charge >= 0.3 is 0 Å². The predicted octanol–water partition coefficient (Wildman–Crippen LogP) is 3.87. The Hall–Kier alpha value is -1.22. The van der Waals surface area contributed by atoms with Crippen molar-refractivity contribution in [3.63, 3.8) is 0 Å². The van der Waals surface area contributed by atoms with Crippen LogP contribution in [0.4, 0.5) is 0 Å². The van der Waals surface area contributed by atoms with E-state index in [1.165, 1.54) is 4.90 Å². The molecule has 0 bridgehead atoms. The minimum Gasteiger partial charge on any atom is -0.360 e. The second-order valence-electron chi connectivity index (χ2n) is 3.79. The fourth-order valence-corrected chi connectivity index (χ4v) is 2.37. The molecule has 0 aliphatic carbocycles. The average molecular weight is 233 g/mol. The molecule has 0 atom stereocenters. The normalized spacial score (nSPS) is 10.9. The number of aromatic nitrogens is 1. The number of H-pyrrole nitrogens is 1. The molecular formula is C13H15NOS. The van der Waals surface area contributed by atoms with E-state index in [9.17, 15) is 4.79 Å². The maximum atomic E-state index is 11.8. The van der Waals surface area contributed by atoms with E-state index in [0.717, 1.165) is 22.9 Å². The Bertz CT molecular complexity index is 516. The highest BCUT2D eigenvalue weighted by molar-refractivity contribution is 7.98. The smallest absolute Gasteiger partial charge is 0.162 e. The van der Waals surface area contributed by atoms with E-state index >= 15 is 0 Å². The third kappa shape index (κ3) is 2.00. The van der Waals surface area contributed by atoms with Crippen molar-refractivity contribution in [2.24, 2.45) is 0 Å². The standard InChI is InChI=1S/C13H15NOS/c1-3-4-12(15)9-5-6-11-10(7-9)13(16-2)8-14-11/h5-8,14H,3-4H2,1-2H3. The van der Waals surface area contributed by atoms with Gasteiger partial charge in [-0.1, -0.05) is 6.92 Å². The first-order valence-electron chi connectivity index (χ1n) is 5.44. The largest absolute Gasteiger partial charge is 0.360 e. The van der Waals surface area contributed by atoms with Gasteiger partial charge in [0, 0.05) is 34.0 Å². The van der Waals surface area contributed by atoms with E-state index in [1.54, 1.807) is 11.8 Å². The Morgan fingerprint density at radius 2 is 2.25 bits per heavy atom. The zero-order chi connectivity index (χ0) is 11.5. The predicted molar refractivity (Wildman–Crippen MR) is 69.3 cm³/mol. The number of aromatic amines is 1. The molecule has 0 aliphatic rings. The molecule has 3 heteroatoms. The van der Waals surface area contributed by atoms with Crippen LogP contribution in [0.25, 0.3) is 10.9 Å². The lowest BCUT2D eigenvalue weighted by Crippen LogP contribution is -1.97. The molecule has 2 aromatic rings. The van der Waals surface area contributed by atoms with Crippen LogP contribution < -0.4 is 0 Å². The minimum atomic E-state index is 0.234. The molecule has 0 saturated carbocycles. The van der Waals surface area contributed by atoms with E-state index in [4.69, 9.17) is 0 Å². The zero-order valence-corrected chi connectivity index (χ0v) is 10.4. The summed E-state index contributed by atoms with van der Waals surface area (Å²) in [6.45, 7) is 2.03. The number of hydrogen-bond donors (Lipinski definition) is 1. The Morgan fingerprint density at radius 1 is 1.44 bits per heavy atom. The van der Waals surface area contributed by atoms with Crippen molar-refractivity contribution in [2.45, 2.75) is 24.7 Å². The van der Waals surface area contributed by atoms with Crippen molar-refractivity contribution in [2.75, 3.05) is 6.26 Å². The molecule has 16 heavy (non-hydrogen) atoms. The number of carbonyl (C=O) groups is 1. The first kappa shape index (κ1) is 11.3. The maximum absolute atomic E-state index is 11.8. The molecule has 1 N–H and O–H groups in total. The van der Waals surface area contributed by atoms with Crippen molar-refractivity contribution in [1.29, 1.82) is 0 Å². The van der Waals surface area contributed by atoms with Crippen LogP contribution in [0.3, 0.4) is 0 Å². The summed E-state index contributed by atoms with van der Waals surface area (Å²) in [5.74, 6) is 0.234. The third-order valence-electron chi connectivity index (χ3n) is 2.66. The summed E-state index contributed by atoms with van der Waals surface area (Å²) >= 11 is 1.70. The van der Waals surface area contributed by atoms with Gasteiger partial charge in [-0.15, -0.1) is 11.8 Å². The van der Waals surface area contributed by atoms with Gasteiger partial charge in [-0.3, -0.25) is 4.79 Å². The monoisotopic (exact) mass is 233 g/mol. The van der Waals surface area contributed by atoms with Crippen LogP contribution in [-0.2, 0) is 0 Å². The number of benzene rings is 1. The first-order valence-corrected chi connectivity index (χ1v) is 6.67. The molecule has 0 radical (unpaired) electrons. The molecule has 0 fully saturated rings. The highest BCUT2D eigenvalue weighted by atomic mass is 32.2. The van der Waals surface area contributed by atoms with Gasteiger partial charge in [0.1, 0.15) is 0 Å². The van der Waals surface area contributed by atoms with Crippen molar-refractivity contribution in [3.8, 4) is 0 Å². The summed E-state index contributed by atoms with van der Waals surface area (Å²) in [6.07, 6.45) is 5.57. The van der Waals surface area contributed by atoms with E-state index < -0.39 is 0 Å². The molecule has 1 aromatic heterocycles. The van der Waals surface area contributed by atoms with Gasteiger partial charge in [-0.25, -0.2) is 0 Å². The molecule has 0 saturated heterocycles. The topological polar surface area (TPSA) is 32.9 Å². The first-order chi connectivity index (χ1) is 7.76. The number of nitrogens with one attached hydrogen (secondary N) is 1. The second-order valence-corrected chi connectivity index (χ2v) is 4.64. The van der Waals surface area contributed by atoms with Crippen LogP contribution in [0.1, 0.15) is 30.1 Å². The van der Waals surface area contributed by atoms with Gasteiger partial charge in [0.05, 0.1) is 0 Å². The summed E-state index contributed by atoms with van der Waals surface area (Å²) in [7, 11) is 0. The van der Waals surface area contributed by atoms with Gasteiger partial charge in [0.2, 0.25) is 0 Å². The average Bonchev–Trinajstić information content (AvgIpc) is 2.71. The van der Waals surface area contributed by atoms with Crippen molar-refractivity contribution in [3.05, 3.63) is 30.0 Å². The summed E-state index contributed by atoms with van der Waals surface area (Å²) in [4.78, 5) is 16.2.